The number of alkyl halides is 1. The highest BCUT2D eigenvalue weighted by Gasteiger charge is 2.12. The summed E-state index contributed by atoms with van der Waals surface area (Å²) >= 11 is 5.58. The summed E-state index contributed by atoms with van der Waals surface area (Å²) in [5.41, 5.74) is 0.472. The van der Waals surface area contributed by atoms with Crippen molar-refractivity contribution < 1.29 is 14.3 Å². The van der Waals surface area contributed by atoms with Gasteiger partial charge in [0.25, 0.3) is 0 Å². The maximum Gasteiger partial charge on any atom is 0.341 e. The first-order valence-electron chi connectivity index (χ1n) is 5.74. The Kier molecular flexibility index (Phi) is 6.48. The van der Waals surface area contributed by atoms with Crippen LogP contribution < -0.4 is 4.74 Å². The number of benzene rings is 1. The van der Waals surface area contributed by atoms with Crippen LogP contribution in [0.1, 0.15) is 30.1 Å². The Morgan fingerprint density at radius 1 is 1.29 bits per heavy atom. The molecular weight excluding hydrogens is 240 g/mol. The zero-order chi connectivity index (χ0) is 12.5. The summed E-state index contributed by atoms with van der Waals surface area (Å²) in [4.78, 5) is 11.6. The van der Waals surface area contributed by atoms with Gasteiger partial charge in [0.15, 0.2) is 0 Å². The lowest BCUT2D eigenvalue weighted by molar-refractivity contribution is 0.0521. The zero-order valence-corrected chi connectivity index (χ0v) is 10.7. The molecule has 0 atom stereocenters. The van der Waals surface area contributed by atoms with Crippen LogP contribution in [0.2, 0.25) is 0 Å². The number of esters is 1. The molecule has 0 aliphatic heterocycles. The molecule has 1 rings (SSSR count). The lowest BCUT2D eigenvalue weighted by atomic mass is 10.2. The predicted octanol–water partition coefficient (Wildman–Crippen LogP) is 3.26. The summed E-state index contributed by atoms with van der Waals surface area (Å²) in [5.74, 6) is 0.851. The van der Waals surface area contributed by atoms with Crippen LogP contribution in [0.25, 0.3) is 0 Å². The van der Waals surface area contributed by atoms with E-state index in [0.29, 0.717) is 30.4 Å². The molecule has 1 aromatic rings. The van der Waals surface area contributed by atoms with E-state index in [9.17, 15) is 4.79 Å². The quantitative estimate of drug-likeness (QED) is 0.427. The van der Waals surface area contributed by atoms with Gasteiger partial charge in [-0.15, -0.1) is 11.6 Å². The summed E-state index contributed by atoms with van der Waals surface area (Å²) in [7, 11) is 0. The number of rotatable bonds is 7. The molecule has 0 saturated heterocycles. The molecule has 0 spiro atoms. The molecule has 0 heterocycles. The van der Waals surface area contributed by atoms with E-state index in [2.05, 4.69) is 0 Å². The molecule has 1 aromatic carbocycles. The highest BCUT2D eigenvalue weighted by atomic mass is 35.5. The number of unbranched alkanes of at least 4 members (excludes halogenated alkanes) is 1. The molecule has 0 amide bonds. The van der Waals surface area contributed by atoms with Crippen LogP contribution in [0.3, 0.4) is 0 Å². The van der Waals surface area contributed by atoms with Crippen molar-refractivity contribution in [1.82, 2.24) is 0 Å². The first kappa shape index (κ1) is 13.8. The van der Waals surface area contributed by atoms with Crippen molar-refractivity contribution in [2.45, 2.75) is 19.8 Å². The molecule has 0 aliphatic carbocycles. The van der Waals surface area contributed by atoms with Gasteiger partial charge in [-0.1, -0.05) is 12.1 Å². The van der Waals surface area contributed by atoms with Gasteiger partial charge in [-0.2, -0.15) is 0 Å². The Balaban J connectivity index is 2.61. The Morgan fingerprint density at radius 2 is 2.06 bits per heavy atom. The van der Waals surface area contributed by atoms with E-state index < -0.39 is 0 Å². The number of ether oxygens (including phenoxy) is 2. The molecule has 17 heavy (non-hydrogen) atoms. The van der Waals surface area contributed by atoms with Crippen LogP contribution in [0, 0.1) is 0 Å². The fraction of sp³-hybridized carbons (Fsp3) is 0.462. The maximum atomic E-state index is 11.6. The van der Waals surface area contributed by atoms with E-state index in [-0.39, 0.29) is 5.97 Å². The molecule has 0 fully saturated rings. The minimum atomic E-state index is -0.347. The van der Waals surface area contributed by atoms with Crippen molar-refractivity contribution in [2.75, 3.05) is 19.1 Å². The van der Waals surface area contributed by atoms with E-state index in [1.165, 1.54) is 0 Å². The highest BCUT2D eigenvalue weighted by Crippen LogP contribution is 2.19. The van der Waals surface area contributed by atoms with Gasteiger partial charge in [0.2, 0.25) is 0 Å². The van der Waals surface area contributed by atoms with Crippen molar-refractivity contribution in [1.29, 1.82) is 0 Å². The van der Waals surface area contributed by atoms with E-state index in [1.807, 2.05) is 6.07 Å². The van der Waals surface area contributed by atoms with Crippen LogP contribution >= 0.6 is 11.6 Å². The smallest absolute Gasteiger partial charge is 0.341 e. The summed E-state index contributed by atoms with van der Waals surface area (Å²) in [6, 6.07) is 7.10. The predicted molar refractivity (Wildman–Crippen MR) is 67.8 cm³/mol. The summed E-state index contributed by atoms with van der Waals surface area (Å²) in [6.07, 6.45) is 1.78. The Morgan fingerprint density at radius 3 is 2.76 bits per heavy atom. The highest BCUT2D eigenvalue weighted by molar-refractivity contribution is 6.17. The van der Waals surface area contributed by atoms with Gasteiger partial charge in [0, 0.05) is 5.88 Å². The molecule has 0 aliphatic rings. The Hall–Kier alpha value is -1.22. The van der Waals surface area contributed by atoms with Crippen LogP contribution in [0.5, 0.6) is 5.75 Å². The third-order valence-electron chi connectivity index (χ3n) is 2.17. The average molecular weight is 257 g/mol. The largest absolute Gasteiger partial charge is 0.493 e. The Labute approximate surface area is 107 Å². The molecule has 0 unspecified atom stereocenters. The first-order valence-corrected chi connectivity index (χ1v) is 6.28. The van der Waals surface area contributed by atoms with Crippen LogP contribution in [-0.2, 0) is 4.74 Å². The second-order valence-corrected chi connectivity index (χ2v) is 3.84. The van der Waals surface area contributed by atoms with Crippen molar-refractivity contribution in [2.24, 2.45) is 0 Å². The molecule has 0 N–H and O–H groups in total. The molecule has 0 bridgehead atoms. The summed E-state index contributed by atoms with van der Waals surface area (Å²) in [6.45, 7) is 2.70. The number of hydrogen-bond acceptors (Lipinski definition) is 3. The monoisotopic (exact) mass is 256 g/mol. The standard InChI is InChI=1S/C13H17ClO3/c1-2-16-13(15)11-7-3-4-8-12(11)17-10-6-5-9-14/h3-4,7-8H,2,5-6,9-10H2,1H3. The van der Waals surface area contributed by atoms with Crippen LogP contribution in [-0.4, -0.2) is 25.1 Å². The van der Waals surface area contributed by atoms with E-state index in [4.69, 9.17) is 21.1 Å². The number of halogens is 1. The molecular formula is C13H17ClO3. The second-order valence-electron chi connectivity index (χ2n) is 3.46. The average Bonchev–Trinajstić information content (AvgIpc) is 2.35. The lowest BCUT2D eigenvalue weighted by Gasteiger charge is -2.10. The minimum Gasteiger partial charge on any atom is -0.493 e. The summed E-state index contributed by atoms with van der Waals surface area (Å²) in [5, 5.41) is 0. The molecule has 0 radical (unpaired) electrons. The normalized spacial score (nSPS) is 10.0. The number of carbonyl (C=O) groups excluding carboxylic acids is 1. The first-order chi connectivity index (χ1) is 8.29. The van der Waals surface area contributed by atoms with E-state index in [0.717, 1.165) is 12.8 Å². The third-order valence-corrected chi connectivity index (χ3v) is 2.44. The van der Waals surface area contributed by atoms with Gasteiger partial charge < -0.3 is 9.47 Å². The molecule has 3 nitrogen and oxygen atoms in total. The molecule has 0 aromatic heterocycles. The van der Waals surface area contributed by atoms with Crippen molar-refractivity contribution in [3.8, 4) is 5.75 Å². The molecule has 94 valence electrons. The van der Waals surface area contributed by atoms with Gasteiger partial charge in [0.1, 0.15) is 11.3 Å². The fourth-order valence-corrected chi connectivity index (χ4v) is 1.54. The van der Waals surface area contributed by atoms with Gasteiger partial charge in [-0.05, 0) is 31.9 Å². The third kappa shape index (κ3) is 4.65. The fourth-order valence-electron chi connectivity index (χ4n) is 1.35. The van der Waals surface area contributed by atoms with Gasteiger partial charge >= 0.3 is 5.97 Å². The van der Waals surface area contributed by atoms with Crippen molar-refractivity contribution in [3.63, 3.8) is 0 Å². The van der Waals surface area contributed by atoms with Crippen LogP contribution in [0.4, 0.5) is 0 Å². The summed E-state index contributed by atoms with van der Waals surface area (Å²) < 4.78 is 10.5. The van der Waals surface area contributed by atoms with E-state index in [1.54, 1.807) is 25.1 Å². The topological polar surface area (TPSA) is 35.5 Å². The lowest BCUT2D eigenvalue weighted by Crippen LogP contribution is -2.08. The van der Waals surface area contributed by atoms with Gasteiger partial charge in [-0.25, -0.2) is 4.79 Å². The van der Waals surface area contributed by atoms with Gasteiger partial charge in [-0.3, -0.25) is 0 Å². The number of carbonyl (C=O) groups is 1. The van der Waals surface area contributed by atoms with Crippen molar-refractivity contribution in [3.05, 3.63) is 29.8 Å². The second kappa shape index (κ2) is 7.96. The van der Waals surface area contributed by atoms with Crippen molar-refractivity contribution >= 4 is 17.6 Å². The SMILES string of the molecule is CCOC(=O)c1ccccc1OCCCCCl. The molecule has 4 heteroatoms. The van der Waals surface area contributed by atoms with E-state index >= 15 is 0 Å². The minimum absolute atomic E-state index is 0.347. The maximum absolute atomic E-state index is 11.6. The number of para-hydroxylation sites is 1. The van der Waals surface area contributed by atoms with Gasteiger partial charge in [0.05, 0.1) is 13.2 Å². The number of hydrogen-bond donors (Lipinski definition) is 0. The van der Waals surface area contributed by atoms with Crippen LogP contribution in [0.15, 0.2) is 24.3 Å². The molecule has 0 saturated carbocycles. The Bertz CT molecular complexity index is 352. The zero-order valence-electron chi connectivity index (χ0n) is 9.95.